The molecule has 2 saturated heterocycles. The second-order valence-corrected chi connectivity index (χ2v) is 4.98. The van der Waals surface area contributed by atoms with Gasteiger partial charge in [-0.05, 0) is 12.3 Å². The fourth-order valence-electron chi connectivity index (χ4n) is 3.08. The Labute approximate surface area is 114 Å². The van der Waals surface area contributed by atoms with Crippen molar-refractivity contribution >= 4 is 12.1 Å². The average molecular weight is 278 g/mol. The summed E-state index contributed by atoms with van der Waals surface area (Å²) in [6.45, 7) is 4.22. The van der Waals surface area contributed by atoms with E-state index in [0.717, 1.165) is 12.8 Å². The van der Waals surface area contributed by atoms with Gasteiger partial charge in [-0.15, -0.1) is 0 Å². The standard InChI is InChI=1S/C13H14N2O5/c1-2-3-19-13(18)15-5-7-4-8(15)9(7)11-10(12(16)17)14-6-20-11/h2,6-9H,1,3-5H2,(H,16,17). The van der Waals surface area contributed by atoms with Crippen LogP contribution in [0.25, 0.3) is 0 Å². The maximum absolute atomic E-state index is 11.9. The molecule has 3 atom stereocenters. The SMILES string of the molecule is C=CCOC(=O)N1CC2CC1C2c1ocnc1C(=O)O. The summed E-state index contributed by atoms with van der Waals surface area (Å²) >= 11 is 0. The Kier molecular flexibility index (Phi) is 2.96. The van der Waals surface area contributed by atoms with Gasteiger partial charge in [-0.2, -0.15) is 0 Å². The van der Waals surface area contributed by atoms with Crippen molar-refractivity contribution in [3.63, 3.8) is 0 Å². The van der Waals surface area contributed by atoms with Crippen molar-refractivity contribution in [3.8, 4) is 0 Å². The van der Waals surface area contributed by atoms with Gasteiger partial charge in [-0.3, -0.25) is 0 Å². The summed E-state index contributed by atoms with van der Waals surface area (Å²) in [4.78, 5) is 28.3. The van der Waals surface area contributed by atoms with Crippen LogP contribution in [0.5, 0.6) is 0 Å². The zero-order valence-electron chi connectivity index (χ0n) is 10.7. The number of hydrogen-bond acceptors (Lipinski definition) is 5. The van der Waals surface area contributed by atoms with E-state index in [1.807, 2.05) is 0 Å². The van der Waals surface area contributed by atoms with E-state index in [2.05, 4.69) is 11.6 Å². The van der Waals surface area contributed by atoms with E-state index in [4.69, 9.17) is 14.3 Å². The Hall–Kier alpha value is -2.31. The van der Waals surface area contributed by atoms with Crippen LogP contribution < -0.4 is 0 Å². The van der Waals surface area contributed by atoms with Crippen molar-refractivity contribution in [1.29, 1.82) is 0 Å². The summed E-state index contributed by atoms with van der Waals surface area (Å²) in [6, 6.07) is -0.0663. The van der Waals surface area contributed by atoms with Crippen LogP contribution in [0.3, 0.4) is 0 Å². The molecule has 1 aromatic heterocycles. The highest BCUT2D eigenvalue weighted by atomic mass is 16.6. The van der Waals surface area contributed by atoms with E-state index >= 15 is 0 Å². The highest BCUT2D eigenvalue weighted by Gasteiger charge is 2.57. The number of oxazole rings is 1. The van der Waals surface area contributed by atoms with Crippen molar-refractivity contribution < 1.29 is 23.8 Å². The third-order valence-electron chi connectivity index (χ3n) is 3.96. The molecule has 3 fully saturated rings. The predicted molar refractivity (Wildman–Crippen MR) is 66.3 cm³/mol. The van der Waals surface area contributed by atoms with E-state index < -0.39 is 12.1 Å². The maximum Gasteiger partial charge on any atom is 0.410 e. The van der Waals surface area contributed by atoms with Crippen LogP contribution in [0.4, 0.5) is 4.79 Å². The summed E-state index contributed by atoms with van der Waals surface area (Å²) in [5.74, 6) is -0.638. The van der Waals surface area contributed by atoms with Gasteiger partial charge in [0.2, 0.25) is 0 Å². The molecule has 3 unspecified atom stereocenters. The van der Waals surface area contributed by atoms with Gasteiger partial charge in [0.1, 0.15) is 12.4 Å². The molecule has 7 heteroatoms. The first-order chi connectivity index (χ1) is 9.63. The van der Waals surface area contributed by atoms with E-state index in [-0.39, 0.29) is 30.2 Å². The molecule has 3 heterocycles. The monoisotopic (exact) mass is 278 g/mol. The fourth-order valence-corrected chi connectivity index (χ4v) is 3.08. The lowest BCUT2D eigenvalue weighted by Crippen LogP contribution is -2.40. The van der Waals surface area contributed by atoms with Gasteiger partial charge < -0.3 is 19.2 Å². The van der Waals surface area contributed by atoms with E-state index in [0.29, 0.717) is 12.3 Å². The first kappa shape index (κ1) is 12.7. The van der Waals surface area contributed by atoms with Crippen LogP contribution in [0.2, 0.25) is 0 Å². The Morgan fingerprint density at radius 1 is 1.65 bits per heavy atom. The van der Waals surface area contributed by atoms with Crippen molar-refractivity contribution in [2.45, 2.75) is 18.4 Å². The summed E-state index contributed by atoms with van der Waals surface area (Å²) < 4.78 is 10.3. The number of hydrogen-bond donors (Lipinski definition) is 1. The lowest BCUT2D eigenvalue weighted by atomic mass is 9.72. The molecule has 1 amide bonds. The number of amides is 1. The Balaban J connectivity index is 1.76. The maximum atomic E-state index is 11.9. The van der Waals surface area contributed by atoms with Gasteiger partial charge in [0.15, 0.2) is 12.1 Å². The number of rotatable bonds is 4. The quantitative estimate of drug-likeness (QED) is 0.838. The number of aromatic nitrogens is 1. The molecule has 106 valence electrons. The lowest BCUT2D eigenvalue weighted by Gasteiger charge is -2.34. The molecule has 2 bridgehead atoms. The van der Waals surface area contributed by atoms with Crippen molar-refractivity contribution in [3.05, 3.63) is 30.5 Å². The number of carboxylic acids is 1. The molecule has 1 saturated carbocycles. The Morgan fingerprint density at radius 3 is 3.15 bits per heavy atom. The van der Waals surface area contributed by atoms with Crippen LogP contribution in [0, 0.1) is 5.92 Å². The highest BCUT2D eigenvalue weighted by Crippen LogP contribution is 2.53. The summed E-state index contributed by atoms with van der Waals surface area (Å²) in [6.07, 6.45) is 3.09. The largest absolute Gasteiger partial charge is 0.476 e. The highest BCUT2D eigenvalue weighted by molar-refractivity contribution is 5.86. The summed E-state index contributed by atoms with van der Waals surface area (Å²) in [5.41, 5.74) is -0.0639. The van der Waals surface area contributed by atoms with Gasteiger partial charge in [0.05, 0.1) is 0 Å². The zero-order valence-corrected chi connectivity index (χ0v) is 10.7. The molecular formula is C13H14N2O5. The molecule has 1 N–H and O–H groups in total. The second-order valence-electron chi connectivity index (χ2n) is 4.98. The lowest BCUT2D eigenvalue weighted by molar-refractivity contribution is 0.0684. The first-order valence-corrected chi connectivity index (χ1v) is 6.34. The smallest absolute Gasteiger partial charge is 0.410 e. The van der Waals surface area contributed by atoms with Crippen molar-refractivity contribution in [1.82, 2.24) is 9.88 Å². The molecule has 1 aromatic rings. The molecule has 2 aliphatic heterocycles. The number of aromatic carboxylic acids is 1. The second kappa shape index (κ2) is 4.66. The fraction of sp³-hybridized carbons (Fsp3) is 0.462. The molecule has 0 aromatic carbocycles. The van der Waals surface area contributed by atoms with Gasteiger partial charge in [0, 0.05) is 18.5 Å². The average Bonchev–Trinajstić information content (AvgIpc) is 3.08. The van der Waals surface area contributed by atoms with Gasteiger partial charge in [-0.25, -0.2) is 14.6 Å². The molecule has 4 rings (SSSR count). The van der Waals surface area contributed by atoms with Crippen LogP contribution in [-0.2, 0) is 4.74 Å². The van der Waals surface area contributed by atoms with E-state index in [1.165, 1.54) is 6.08 Å². The van der Waals surface area contributed by atoms with Gasteiger partial charge in [-0.1, -0.05) is 12.7 Å². The molecule has 0 radical (unpaired) electrons. The molecule has 7 nitrogen and oxygen atoms in total. The number of ether oxygens (including phenoxy) is 1. The van der Waals surface area contributed by atoms with Crippen LogP contribution >= 0.6 is 0 Å². The number of nitrogens with zero attached hydrogens (tertiary/aromatic N) is 2. The topological polar surface area (TPSA) is 92.9 Å². The third kappa shape index (κ3) is 1.77. The number of carbonyl (C=O) groups excluding carboxylic acids is 1. The normalized spacial score (nSPS) is 27.0. The van der Waals surface area contributed by atoms with E-state index in [1.54, 1.807) is 4.90 Å². The summed E-state index contributed by atoms with van der Waals surface area (Å²) in [5, 5.41) is 9.07. The molecule has 1 aliphatic carbocycles. The number of carboxylic acid groups (broad SMARTS) is 1. The molecule has 20 heavy (non-hydrogen) atoms. The summed E-state index contributed by atoms with van der Waals surface area (Å²) in [7, 11) is 0. The molecular weight excluding hydrogens is 264 g/mol. The number of fused-ring (bicyclic) bond motifs is 1. The van der Waals surface area contributed by atoms with Crippen LogP contribution in [0.1, 0.15) is 28.6 Å². The predicted octanol–water partition coefficient (Wildman–Crippen LogP) is 1.48. The molecule has 3 aliphatic rings. The van der Waals surface area contributed by atoms with E-state index in [9.17, 15) is 9.59 Å². The molecule has 0 spiro atoms. The minimum Gasteiger partial charge on any atom is -0.476 e. The first-order valence-electron chi connectivity index (χ1n) is 6.34. The van der Waals surface area contributed by atoms with Gasteiger partial charge >= 0.3 is 12.1 Å². The minimum atomic E-state index is -1.11. The minimum absolute atomic E-state index is 0.0639. The Bertz CT molecular complexity index is 567. The Morgan fingerprint density at radius 2 is 2.45 bits per heavy atom. The third-order valence-corrected chi connectivity index (χ3v) is 3.96. The van der Waals surface area contributed by atoms with Crippen LogP contribution in [0.15, 0.2) is 23.5 Å². The van der Waals surface area contributed by atoms with Crippen molar-refractivity contribution in [2.75, 3.05) is 13.2 Å². The zero-order chi connectivity index (χ0) is 14.3. The van der Waals surface area contributed by atoms with Gasteiger partial charge in [0.25, 0.3) is 0 Å². The van der Waals surface area contributed by atoms with Crippen LogP contribution in [-0.4, -0.2) is 46.2 Å². The number of carbonyl (C=O) groups is 2. The van der Waals surface area contributed by atoms with Crippen molar-refractivity contribution in [2.24, 2.45) is 5.92 Å².